The minimum Gasteiger partial charge on any atom is -0.312 e. The lowest BCUT2D eigenvalue weighted by Crippen LogP contribution is -2.41. The Hall–Kier alpha value is -0.380. The lowest BCUT2D eigenvalue weighted by Gasteiger charge is -2.38. The van der Waals surface area contributed by atoms with Gasteiger partial charge in [0.2, 0.25) is 0 Å². The van der Waals surface area contributed by atoms with Crippen molar-refractivity contribution >= 4 is 11.3 Å². The Morgan fingerprint density at radius 1 is 1.33 bits per heavy atom. The monoisotopic (exact) mass is 266 g/mol. The van der Waals surface area contributed by atoms with E-state index in [1.807, 2.05) is 11.3 Å². The van der Waals surface area contributed by atoms with E-state index in [1.165, 1.54) is 41.2 Å². The van der Waals surface area contributed by atoms with Gasteiger partial charge in [-0.05, 0) is 63.9 Å². The molecule has 0 bridgehead atoms. The Morgan fingerprint density at radius 2 is 2.00 bits per heavy atom. The van der Waals surface area contributed by atoms with Crippen LogP contribution in [0.5, 0.6) is 0 Å². The number of hydrogen-bond donors (Lipinski definition) is 1. The molecule has 0 spiro atoms. The van der Waals surface area contributed by atoms with Crippen LogP contribution in [0, 0.1) is 19.3 Å². The molecule has 102 valence electrons. The topological polar surface area (TPSA) is 15.3 Å². The predicted molar refractivity (Wildman–Crippen MR) is 80.3 cm³/mol. The summed E-state index contributed by atoms with van der Waals surface area (Å²) >= 11 is 1.91. The molecule has 2 nitrogen and oxygen atoms in total. The average Bonchev–Trinajstić information content (AvgIpc) is 2.62. The standard InChI is InChI=1S/C15H26N2S/c1-12-9-14(13(2)18-12)10-16-11-15(3)5-7-17(4)8-6-15/h9,16H,5-8,10-11H2,1-4H3. The van der Waals surface area contributed by atoms with E-state index in [-0.39, 0.29) is 0 Å². The van der Waals surface area contributed by atoms with E-state index in [2.05, 4.69) is 44.1 Å². The van der Waals surface area contributed by atoms with Gasteiger partial charge in [0.15, 0.2) is 0 Å². The van der Waals surface area contributed by atoms with Crippen LogP contribution in [0.4, 0.5) is 0 Å². The number of rotatable bonds is 4. The van der Waals surface area contributed by atoms with Gasteiger partial charge in [0.05, 0.1) is 0 Å². The van der Waals surface area contributed by atoms with Gasteiger partial charge in [0, 0.05) is 22.8 Å². The van der Waals surface area contributed by atoms with Gasteiger partial charge in [-0.1, -0.05) is 6.92 Å². The number of nitrogens with one attached hydrogen (secondary N) is 1. The van der Waals surface area contributed by atoms with Crippen LogP contribution in [-0.2, 0) is 6.54 Å². The molecular formula is C15H26N2S. The molecule has 1 aliphatic rings. The second-order valence-corrected chi connectivity index (χ2v) is 7.62. The van der Waals surface area contributed by atoms with Crippen LogP contribution in [0.1, 0.15) is 35.1 Å². The van der Waals surface area contributed by atoms with Crippen molar-refractivity contribution in [2.75, 3.05) is 26.7 Å². The van der Waals surface area contributed by atoms with Gasteiger partial charge in [-0.15, -0.1) is 11.3 Å². The third kappa shape index (κ3) is 3.56. The third-order valence-electron chi connectivity index (χ3n) is 4.21. The molecule has 1 saturated heterocycles. The summed E-state index contributed by atoms with van der Waals surface area (Å²) in [5.41, 5.74) is 1.97. The normalized spacial score (nSPS) is 20.2. The van der Waals surface area contributed by atoms with Gasteiger partial charge in [-0.3, -0.25) is 0 Å². The Balaban J connectivity index is 1.80. The molecule has 1 N–H and O–H groups in total. The maximum Gasteiger partial charge on any atom is 0.0216 e. The molecule has 18 heavy (non-hydrogen) atoms. The smallest absolute Gasteiger partial charge is 0.0216 e. The van der Waals surface area contributed by atoms with Crippen LogP contribution in [0.25, 0.3) is 0 Å². The van der Waals surface area contributed by atoms with Crippen LogP contribution in [0.15, 0.2) is 6.07 Å². The molecule has 0 atom stereocenters. The fourth-order valence-corrected chi connectivity index (χ4v) is 3.64. The number of nitrogens with zero attached hydrogens (tertiary/aromatic N) is 1. The molecule has 1 fully saturated rings. The molecule has 0 unspecified atom stereocenters. The molecule has 0 aliphatic carbocycles. The number of likely N-dealkylation sites (tertiary alicyclic amines) is 1. The maximum absolute atomic E-state index is 3.67. The first-order valence-corrected chi connectivity index (χ1v) is 7.75. The van der Waals surface area contributed by atoms with Crippen molar-refractivity contribution < 1.29 is 0 Å². The molecule has 1 aliphatic heterocycles. The number of thiophene rings is 1. The molecule has 0 amide bonds. The van der Waals surface area contributed by atoms with Gasteiger partial charge >= 0.3 is 0 Å². The second-order valence-electron chi connectivity index (χ2n) is 6.16. The Labute approximate surface area is 115 Å². The highest BCUT2D eigenvalue weighted by Crippen LogP contribution is 2.29. The van der Waals surface area contributed by atoms with E-state index in [0.717, 1.165) is 13.1 Å². The third-order valence-corrected chi connectivity index (χ3v) is 5.21. The van der Waals surface area contributed by atoms with Crippen molar-refractivity contribution in [3.63, 3.8) is 0 Å². The van der Waals surface area contributed by atoms with Gasteiger partial charge in [0.1, 0.15) is 0 Å². The highest BCUT2D eigenvalue weighted by molar-refractivity contribution is 7.12. The van der Waals surface area contributed by atoms with Crippen LogP contribution < -0.4 is 5.32 Å². The highest BCUT2D eigenvalue weighted by Gasteiger charge is 2.28. The second kappa shape index (κ2) is 5.72. The predicted octanol–water partition coefficient (Wildman–Crippen LogP) is 3.19. The van der Waals surface area contributed by atoms with E-state index in [0.29, 0.717) is 5.41 Å². The minimum absolute atomic E-state index is 0.492. The fourth-order valence-electron chi connectivity index (χ4n) is 2.69. The Kier molecular flexibility index (Phi) is 4.46. The zero-order valence-electron chi connectivity index (χ0n) is 12.2. The zero-order chi connectivity index (χ0) is 13.2. The molecule has 2 rings (SSSR count). The molecule has 0 saturated carbocycles. The summed E-state index contributed by atoms with van der Waals surface area (Å²) in [6.07, 6.45) is 2.64. The van der Waals surface area contributed by atoms with Crippen LogP contribution in [0.2, 0.25) is 0 Å². The lowest BCUT2D eigenvalue weighted by atomic mass is 9.80. The van der Waals surface area contributed by atoms with Gasteiger partial charge in [-0.25, -0.2) is 0 Å². The molecule has 0 aromatic carbocycles. The Morgan fingerprint density at radius 3 is 2.56 bits per heavy atom. The van der Waals surface area contributed by atoms with E-state index < -0.39 is 0 Å². The molecular weight excluding hydrogens is 240 g/mol. The summed E-state index contributed by atoms with van der Waals surface area (Å²) in [7, 11) is 2.23. The maximum atomic E-state index is 3.67. The molecule has 1 aromatic rings. The highest BCUT2D eigenvalue weighted by atomic mass is 32.1. The fraction of sp³-hybridized carbons (Fsp3) is 0.733. The lowest BCUT2D eigenvalue weighted by molar-refractivity contribution is 0.137. The van der Waals surface area contributed by atoms with Crippen LogP contribution in [0.3, 0.4) is 0 Å². The van der Waals surface area contributed by atoms with E-state index in [9.17, 15) is 0 Å². The summed E-state index contributed by atoms with van der Waals surface area (Å²) < 4.78 is 0. The van der Waals surface area contributed by atoms with Crippen LogP contribution >= 0.6 is 11.3 Å². The SMILES string of the molecule is Cc1cc(CNCC2(C)CCN(C)CC2)c(C)s1. The zero-order valence-corrected chi connectivity index (χ0v) is 13.0. The van der Waals surface area contributed by atoms with Crippen molar-refractivity contribution in [1.29, 1.82) is 0 Å². The van der Waals surface area contributed by atoms with Crippen molar-refractivity contribution in [3.05, 3.63) is 21.4 Å². The van der Waals surface area contributed by atoms with Gasteiger partial charge < -0.3 is 10.2 Å². The van der Waals surface area contributed by atoms with E-state index >= 15 is 0 Å². The minimum atomic E-state index is 0.492. The summed E-state index contributed by atoms with van der Waals surface area (Å²) in [5, 5.41) is 3.67. The first kappa shape index (κ1) is 14.0. The average molecular weight is 266 g/mol. The first-order valence-electron chi connectivity index (χ1n) is 6.94. The van der Waals surface area contributed by atoms with E-state index in [4.69, 9.17) is 0 Å². The Bertz CT molecular complexity index is 389. The van der Waals surface area contributed by atoms with Gasteiger partial charge in [-0.2, -0.15) is 0 Å². The van der Waals surface area contributed by atoms with Crippen molar-refractivity contribution in [2.24, 2.45) is 5.41 Å². The van der Waals surface area contributed by atoms with E-state index in [1.54, 1.807) is 0 Å². The number of aryl methyl sites for hydroxylation is 2. The molecule has 3 heteroatoms. The van der Waals surface area contributed by atoms with Gasteiger partial charge in [0.25, 0.3) is 0 Å². The largest absolute Gasteiger partial charge is 0.312 e. The molecule has 1 aromatic heterocycles. The summed E-state index contributed by atoms with van der Waals surface area (Å²) in [5.74, 6) is 0. The van der Waals surface area contributed by atoms with Crippen LogP contribution in [-0.4, -0.2) is 31.6 Å². The number of hydrogen-bond acceptors (Lipinski definition) is 3. The summed E-state index contributed by atoms with van der Waals surface area (Å²) in [6, 6.07) is 2.32. The molecule has 0 radical (unpaired) electrons. The van der Waals surface area contributed by atoms with Crippen molar-refractivity contribution in [1.82, 2.24) is 10.2 Å². The summed E-state index contributed by atoms with van der Waals surface area (Å²) in [4.78, 5) is 5.33. The first-order chi connectivity index (χ1) is 8.48. The van der Waals surface area contributed by atoms with Crippen molar-refractivity contribution in [2.45, 2.75) is 40.2 Å². The quantitative estimate of drug-likeness (QED) is 0.900. The molecule has 2 heterocycles. The van der Waals surface area contributed by atoms with Crippen molar-refractivity contribution in [3.8, 4) is 0 Å². The summed E-state index contributed by atoms with van der Waals surface area (Å²) in [6.45, 7) is 11.5. The number of piperidine rings is 1.